The molecule has 1 aliphatic rings. The van der Waals surface area contributed by atoms with Gasteiger partial charge in [0.25, 0.3) is 0 Å². The molecule has 2 aromatic rings. The molecule has 0 saturated carbocycles. The summed E-state index contributed by atoms with van der Waals surface area (Å²) in [6.45, 7) is 2.85. The summed E-state index contributed by atoms with van der Waals surface area (Å²) in [7, 11) is 1.70. The summed E-state index contributed by atoms with van der Waals surface area (Å²) in [6.07, 6.45) is 4.45. The maximum Gasteiger partial charge on any atom is 0.126 e. The zero-order chi connectivity index (χ0) is 15.4. The van der Waals surface area contributed by atoms with Gasteiger partial charge in [0.15, 0.2) is 0 Å². The Hall–Kier alpha value is -1.92. The van der Waals surface area contributed by atoms with E-state index in [4.69, 9.17) is 9.47 Å². The second-order valence-corrected chi connectivity index (χ2v) is 5.63. The van der Waals surface area contributed by atoms with E-state index in [-0.39, 0.29) is 11.4 Å². The second-order valence-electron chi connectivity index (χ2n) is 5.63. The number of benzene rings is 1. The van der Waals surface area contributed by atoms with Crippen molar-refractivity contribution in [3.05, 3.63) is 48.3 Å². The molecule has 0 amide bonds. The number of nitrogens with zero attached hydrogens (tertiary/aromatic N) is 2. The molecule has 1 aromatic heterocycles. The molecule has 0 radical (unpaired) electrons. The first-order valence-corrected chi connectivity index (χ1v) is 7.33. The molecule has 1 aliphatic heterocycles. The van der Waals surface area contributed by atoms with Crippen LogP contribution < -0.4 is 4.74 Å². The summed E-state index contributed by atoms with van der Waals surface area (Å²) in [6, 6.07) is 6.18. The number of halogens is 1. The van der Waals surface area contributed by atoms with E-state index in [1.807, 2.05) is 6.20 Å². The van der Waals surface area contributed by atoms with E-state index in [0.717, 1.165) is 31.9 Å². The van der Waals surface area contributed by atoms with E-state index in [0.29, 0.717) is 12.4 Å². The molecule has 22 heavy (non-hydrogen) atoms. The van der Waals surface area contributed by atoms with Crippen molar-refractivity contribution in [3.8, 4) is 5.75 Å². The number of ether oxygens (including phenoxy) is 2. The predicted molar refractivity (Wildman–Crippen MR) is 80.1 cm³/mol. The fraction of sp³-hybridized carbons (Fsp3) is 0.438. The average Bonchev–Trinajstić information content (AvgIpc) is 3.16. The predicted octanol–water partition coefficient (Wildman–Crippen LogP) is 2.22. The van der Waals surface area contributed by atoms with Gasteiger partial charge in [0.2, 0.25) is 0 Å². The molecular weight excluding hydrogens is 285 g/mol. The van der Waals surface area contributed by atoms with Gasteiger partial charge in [-0.25, -0.2) is 9.37 Å². The molecule has 1 fully saturated rings. The first-order valence-electron chi connectivity index (χ1n) is 7.33. The quantitative estimate of drug-likeness (QED) is 0.889. The highest BCUT2D eigenvalue weighted by molar-refractivity contribution is 5.22. The fourth-order valence-corrected chi connectivity index (χ4v) is 2.77. The lowest BCUT2D eigenvalue weighted by atomic mass is 10.0. The van der Waals surface area contributed by atoms with Crippen LogP contribution in [0.25, 0.3) is 0 Å². The number of rotatable bonds is 6. The van der Waals surface area contributed by atoms with Crippen molar-refractivity contribution in [2.45, 2.75) is 18.6 Å². The molecule has 2 heterocycles. The van der Waals surface area contributed by atoms with E-state index in [9.17, 15) is 4.39 Å². The van der Waals surface area contributed by atoms with Crippen LogP contribution in [0.2, 0.25) is 0 Å². The lowest BCUT2D eigenvalue weighted by Gasteiger charge is -2.28. The Morgan fingerprint density at radius 1 is 1.45 bits per heavy atom. The van der Waals surface area contributed by atoms with Gasteiger partial charge < -0.3 is 14.5 Å². The third-order valence-corrected chi connectivity index (χ3v) is 4.05. The van der Waals surface area contributed by atoms with Crippen molar-refractivity contribution in [2.75, 3.05) is 26.8 Å². The van der Waals surface area contributed by atoms with Crippen LogP contribution in [-0.4, -0.2) is 47.3 Å². The van der Waals surface area contributed by atoms with Crippen LogP contribution in [0.5, 0.6) is 5.75 Å². The van der Waals surface area contributed by atoms with Gasteiger partial charge in [-0.3, -0.25) is 4.90 Å². The molecule has 6 heteroatoms. The Kier molecular flexibility index (Phi) is 4.40. The van der Waals surface area contributed by atoms with E-state index >= 15 is 0 Å². The minimum atomic E-state index is -0.362. The van der Waals surface area contributed by atoms with Gasteiger partial charge in [-0.1, -0.05) is 6.07 Å². The molecule has 0 aliphatic carbocycles. The molecule has 1 N–H and O–H groups in total. The first kappa shape index (κ1) is 15.0. The number of likely N-dealkylation sites (tertiary alicyclic amines) is 1. The zero-order valence-electron chi connectivity index (χ0n) is 12.6. The Balaban J connectivity index is 1.58. The molecule has 0 spiro atoms. The molecule has 1 aromatic carbocycles. The number of methoxy groups -OCH3 is 1. The summed E-state index contributed by atoms with van der Waals surface area (Å²) >= 11 is 0. The smallest absolute Gasteiger partial charge is 0.126 e. The second kappa shape index (κ2) is 6.46. The number of H-pyrrole nitrogens is 1. The third kappa shape index (κ3) is 3.45. The van der Waals surface area contributed by atoms with E-state index in [1.54, 1.807) is 25.4 Å². The Bertz CT molecular complexity index is 605. The van der Waals surface area contributed by atoms with Crippen LogP contribution >= 0.6 is 0 Å². The van der Waals surface area contributed by atoms with Crippen LogP contribution in [-0.2, 0) is 11.3 Å². The molecular formula is C16H20FN3O2. The maximum atomic E-state index is 13.2. The highest BCUT2D eigenvalue weighted by atomic mass is 19.1. The molecule has 1 atom stereocenters. The number of hydrogen-bond acceptors (Lipinski definition) is 4. The number of hydrogen-bond donors (Lipinski definition) is 1. The largest absolute Gasteiger partial charge is 0.490 e. The number of aromatic amines is 1. The highest BCUT2D eigenvalue weighted by Crippen LogP contribution is 2.27. The van der Waals surface area contributed by atoms with Crippen molar-refractivity contribution < 1.29 is 13.9 Å². The van der Waals surface area contributed by atoms with Crippen LogP contribution in [0.15, 0.2) is 36.7 Å². The number of aromatic nitrogens is 2. The minimum Gasteiger partial charge on any atom is -0.490 e. The van der Waals surface area contributed by atoms with Gasteiger partial charge in [0, 0.05) is 38.7 Å². The van der Waals surface area contributed by atoms with Gasteiger partial charge in [0.1, 0.15) is 29.6 Å². The SMILES string of the molecule is CO[C@]1(COc2cccc(F)c2)CCN(Cc2ncc[nH]2)C1. The van der Waals surface area contributed by atoms with Crippen molar-refractivity contribution in [1.82, 2.24) is 14.9 Å². The van der Waals surface area contributed by atoms with Gasteiger partial charge in [-0.15, -0.1) is 0 Å². The van der Waals surface area contributed by atoms with Crippen molar-refractivity contribution in [1.29, 1.82) is 0 Å². The highest BCUT2D eigenvalue weighted by Gasteiger charge is 2.39. The molecule has 0 bridgehead atoms. The summed E-state index contributed by atoms with van der Waals surface area (Å²) in [5.41, 5.74) is -0.362. The summed E-state index contributed by atoms with van der Waals surface area (Å²) in [4.78, 5) is 9.63. The van der Waals surface area contributed by atoms with Crippen LogP contribution in [0, 0.1) is 5.82 Å². The van der Waals surface area contributed by atoms with Gasteiger partial charge in [0.05, 0.1) is 6.54 Å². The molecule has 0 unspecified atom stereocenters. The monoisotopic (exact) mass is 305 g/mol. The Morgan fingerprint density at radius 3 is 3.09 bits per heavy atom. The van der Waals surface area contributed by atoms with E-state index < -0.39 is 0 Å². The minimum absolute atomic E-state index is 0.296. The van der Waals surface area contributed by atoms with Crippen LogP contribution in [0.4, 0.5) is 4.39 Å². The van der Waals surface area contributed by atoms with E-state index in [1.165, 1.54) is 12.1 Å². The first-order chi connectivity index (χ1) is 10.7. The topological polar surface area (TPSA) is 50.4 Å². The maximum absolute atomic E-state index is 13.2. The number of nitrogens with one attached hydrogen (secondary N) is 1. The van der Waals surface area contributed by atoms with Gasteiger partial charge in [-0.05, 0) is 18.6 Å². The average molecular weight is 305 g/mol. The van der Waals surface area contributed by atoms with Crippen molar-refractivity contribution in [3.63, 3.8) is 0 Å². The summed E-state index contributed by atoms with van der Waals surface area (Å²) < 4.78 is 24.6. The van der Waals surface area contributed by atoms with Gasteiger partial charge >= 0.3 is 0 Å². The molecule has 3 rings (SSSR count). The molecule has 118 valence electrons. The Morgan fingerprint density at radius 2 is 2.36 bits per heavy atom. The molecule has 5 nitrogen and oxygen atoms in total. The number of imidazole rings is 1. The standard InChI is InChI=1S/C16H20FN3O2/c1-21-16(12-22-14-4-2-3-13(17)9-14)5-8-20(11-16)10-15-18-6-7-19-15/h2-4,6-7,9H,5,8,10-12H2,1H3,(H,18,19)/t16-/m1/s1. The summed E-state index contributed by atoms with van der Waals surface area (Å²) in [5, 5.41) is 0. The fourth-order valence-electron chi connectivity index (χ4n) is 2.77. The van der Waals surface area contributed by atoms with E-state index in [2.05, 4.69) is 14.9 Å². The zero-order valence-corrected chi connectivity index (χ0v) is 12.6. The molecule has 1 saturated heterocycles. The Labute approximate surface area is 129 Å². The lowest BCUT2D eigenvalue weighted by molar-refractivity contribution is -0.0361. The van der Waals surface area contributed by atoms with Crippen molar-refractivity contribution in [2.24, 2.45) is 0 Å². The lowest BCUT2D eigenvalue weighted by Crippen LogP contribution is -2.41. The van der Waals surface area contributed by atoms with Crippen LogP contribution in [0.1, 0.15) is 12.2 Å². The normalized spacial score (nSPS) is 22.1. The summed E-state index contributed by atoms with van der Waals surface area (Å²) in [5.74, 6) is 1.17. The van der Waals surface area contributed by atoms with Gasteiger partial charge in [-0.2, -0.15) is 0 Å². The van der Waals surface area contributed by atoms with Crippen LogP contribution in [0.3, 0.4) is 0 Å². The van der Waals surface area contributed by atoms with Crippen molar-refractivity contribution >= 4 is 0 Å². The third-order valence-electron chi connectivity index (χ3n) is 4.05.